The average molecular weight is 912 g/mol. The normalized spacial score (nSPS) is 16.9. The van der Waals surface area contributed by atoms with E-state index >= 15 is 0 Å². The molecular weight excluding hydrogens is 851 g/mol. The zero-order chi connectivity index (χ0) is 43.9. The van der Waals surface area contributed by atoms with E-state index in [1.54, 1.807) is 9.80 Å². The van der Waals surface area contributed by atoms with Gasteiger partial charge in [-0.2, -0.15) is 0 Å². The molecule has 63 heavy (non-hydrogen) atoms. The lowest BCUT2D eigenvalue weighted by molar-refractivity contribution is -0.933. The van der Waals surface area contributed by atoms with E-state index in [-0.39, 0.29) is 77.8 Å². The Hall–Kier alpha value is -5.39. The van der Waals surface area contributed by atoms with E-state index in [2.05, 4.69) is 25.9 Å². The van der Waals surface area contributed by atoms with Gasteiger partial charge >= 0.3 is 0 Å². The molecule has 0 unspecified atom stereocenters. The van der Waals surface area contributed by atoms with Gasteiger partial charge in [0.2, 0.25) is 11.8 Å². The van der Waals surface area contributed by atoms with Crippen LogP contribution in [0.3, 0.4) is 0 Å². The standard InChI is InChI=1S/C44H59ClN10O7.ClH/c45-41-43(47)52-42(46)40(51-41)44(60)50-33-8-5-27-55(28-33,25-3-6-31-11-15-34(16-12-31)61-29-36(56)48-19-23-53-21-1-9-38(53)58)26-4-7-32-13-17-35(18-14-32)62-30-37(57)49-20-24-54-22-2-10-39(54)59;/h11-18,33H,1-10,19-30H2,(H6-,46,47,48,49,50,52,56,57,60);1H/t33-;/m0./s1. The van der Waals surface area contributed by atoms with Crippen molar-refractivity contribution >= 4 is 52.8 Å². The Morgan fingerprint density at radius 3 is 1.73 bits per heavy atom. The molecule has 0 aliphatic carbocycles. The fourth-order valence-electron chi connectivity index (χ4n) is 8.50. The second-order valence-corrected chi connectivity index (χ2v) is 16.7. The van der Waals surface area contributed by atoms with Gasteiger partial charge in [0, 0.05) is 65.0 Å². The largest absolute Gasteiger partial charge is 1.00 e. The van der Waals surface area contributed by atoms with E-state index in [0.717, 1.165) is 106 Å². The van der Waals surface area contributed by atoms with Crippen molar-refractivity contribution in [3.8, 4) is 11.5 Å². The first kappa shape index (κ1) is 48.6. The Kier molecular flexibility index (Phi) is 18.4. The van der Waals surface area contributed by atoms with Crippen molar-refractivity contribution in [1.82, 2.24) is 35.7 Å². The Labute approximate surface area is 379 Å². The minimum absolute atomic E-state index is 0. The summed E-state index contributed by atoms with van der Waals surface area (Å²) in [6.45, 7) is 6.65. The molecule has 3 aliphatic heterocycles. The van der Waals surface area contributed by atoms with E-state index in [4.69, 9.17) is 32.5 Å². The van der Waals surface area contributed by atoms with Crippen LogP contribution in [0.25, 0.3) is 0 Å². The van der Waals surface area contributed by atoms with Gasteiger partial charge in [-0.05, 0) is 73.9 Å². The zero-order valence-electron chi connectivity index (χ0n) is 35.8. The van der Waals surface area contributed by atoms with Crippen LogP contribution >= 0.6 is 11.6 Å². The molecule has 3 aliphatic rings. The van der Waals surface area contributed by atoms with Gasteiger partial charge in [0.05, 0.1) is 32.2 Å². The van der Waals surface area contributed by atoms with Gasteiger partial charge in [-0.15, -0.1) is 0 Å². The number of quaternary nitrogens is 1. The van der Waals surface area contributed by atoms with Gasteiger partial charge in [-0.1, -0.05) is 35.9 Å². The van der Waals surface area contributed by atoms with Crippen LogP contribution in [0.2, 0.25) is 5.15 Å². The third-order valence-electron chi connectivity index (χ3n) is 11.8. The second-order valence-electron chi connectivity index (χ2n) is 16.4. The van der Waals surface area contributed by atoms with Gasteiger partial charge in [0.15, 0.2) is 35.7 Å². The van der Waals surface area contributed by atoms with Crippen LogP contribution in [0.5, 0.6) is 11.5 Å². The molecule has 7 N–H and O–H groups in total. The maximum absolute atomic E-state index is 13.4. The molecule has 342 valence electrons. The predicted molar refractivity (Wildman–Crippen MR) is 234 cm³/mol. The Morgan fingerprint density at radius 2 is 1.25 bits per heavy atom. The molecule has 6 rings (SSSR count). The van der Waals surface area contributed by atoms with Crippen LogP contribution in [0.4, 0.5) is 11.6 Å². The second kappa shape index (κ2) is 23.9. The van der Waals surface area contributed by atoms with Gasteiger partial charge < -0.3 is 63.6 Å². The number of hydrogen-bond acceptors (Lipinski definition) is 11. The summed E-state index contributed by atoms with van der Waals surface area (Å²) in [7, 11) is 0. The first-order valence-electron chi connectivity index (χ1n) is 21.7. The molecule has 5 amide bonds. The van der Waals surface area contributed by atoms with E-state index in [1.165, 1.54) is 0 Å². The maximum atomic E-state index is 13.4. The number of likely N-dealkylation sites (tertiary alicyclic amines) is 3. The number of nitrogens with zero attached hydrogens (tertiary/aromatic N) is 5. The zero-order valence-corrected chi connectivity index (χ0v) is 37.3. The van der Waals surface area contributed by atoms with E-state index in [1.807, 2.05) is 48.5 Å². The van der Waals surface area contributed by atoms with Gasteiger partial charge in [-0.3, -0.25) is 24.0 Å². The highest BCUT2D eigenvalue weighted by Crippen LogP contribution is 2.25. The number of aryl methyl sites for hydroxylation is 2. The van der Waals surface area contributed by atoms with Gasteiger partial charge in [0.1, 0.15) is 11.5 Å². The minimum atomic E-state index is -0.432. The highest BCUT2D eigenvalue weighted by atomic mass is 35.5. The van der Waals surface area contributed by atoms with Crippen molar-refractivity contribution in [2.24, 2.45) is 0 Å². The summed E-state index contributed by atoms with van der Waals surface area (Å²) >= 11 is 6.08. The number of nitrogens with one attached hydrogen (secondary N) is 3. The van der Waals surface area contributed by atoms with E-state index < -0.39 is 5.91 Å². The first-order chi connectivity index (χ1) is 29.9. The summed E-state index contributed by atoms with van der Waals surface area (Å²) < 4.78 is 12.3. The lowest BCUT2D eigenvalue weighted by Gasteiger charge is -2.45. The van der Waals surface area contributed by atoms with Crippen molar-refractivity contribution in [2.45, 2.75) is 70.3 Å². The number of rotatable bonds is 22. The summed E-state index contributed by atoms with van der Waals surface area (Å²) in [6, 6.07) is 15.5. The van der Waals surface area contributed by atoms with Crippen molar-refractivity contribution < 1.29 is 50.3 Å². The summed E-state index contributed by atoms with van der Waals surface area (Å²) in [6.07, 6.45) is 8.18. The maximum Gasteiger partial charge on any atom is 0.274 e. The van der Waals surface area contributed by atoms with Crippen LogP contribution in [0.15, 0.2) is 48.5 Å². The number of hydrogen-bond donors (Lipinski definition) is 5. The molecule has 3 saturated heterocycles. The number of anilines is 2. The molecule has 4 heterocycles. The minimum Gasteiger partial charge on any atom is -1.00 e. The highest BCUT2D eigenvalue weighted by molar-refractivity contribution is 6.31. The summed E-state index contributed by atoms with van der Waals surface area (Å²) in [5, 5.41) is 8.71. The fraction of sp³-hybridized carbons (Fsp3) is 0.523. The molecule has 17 nitrogen and oxygen atoms in total. The summed E-state index contributed by atoms with van der Waals surface area (Å²) in [5.74, 6) is 0.494. The number of carbonyl (C=O) groups is 5. The van der Waals surface area contributed by atoms with Crippen molar-refractivity contribution in [1.29, 1.82) is 0 Å². The van der Waals surface area contributed by atoms with Crippen molar-refractivity contribution in [3.05, 3.63) is 70.5 Å². The molecule has 1 aromatic heterocycles. The molecule has 0 spiro atoms. The van der Waals surface area contributed by atoms with E-state index in [0.29, 0.717) is 50.5 Å². The molecule has 0 saturated carbocycles. The average Bonchev–Trinajstić information content (AvgIpc) is 3.87. The molecule has 3 fully saturated rings. The molecule has 2 aromatic carbocycles. The van der Waals surface area contributed by atoms with Gasteiger partial charge in [0.25, 0.3) is 17.7 Å². The van der Waals surface area contributed by atoms with Crippen LogP contribution in [-0.2, 0) is 32.0 Å². The third kappa shape index (κ3) is 14.9. The fourth-order valence-corrected chi connectivity index (χ4v) is 8.63. The van der Waals surface area contributed by atoms with Crippen molar-refractivity contribution in [3.63, 3.8) is 0 Å². The molecule has 0 bridgehead atoms. The number of ether oxygens (including phenoxy) is 2. The molecule has 19 heteroatoms. The Balaban J connectivity index is 0.00000748. The lowest BCUT2D eigenvalue weighted by Crippen LogP contribution is -3.00. The van der Waals surface area contributed by atoms with Crippen LogP contribution in [0, 0.1) is 0 Å². The highest BCUT2D eigenvalue weighted by Gasteiger charge is 2.36. The Bertz CT molecular complexity index is 1930. The van der Waals surface area contributed by atoms with Crippen LogP contribution in [0.1, 0.15) is 73.0 Å². The lowest BCUT2D eigenvalue weighted by atomic mass is 9.99. The quantitative estimate of drug-likeness (QED) is 0.0810. The molecule has 3 aromatic rings. The number of nitrogen functional groups attached to an aromatic ring is 2. The third-order valence-corrected chi connectivity index (χ3v) is 12.1. The number of halogens is 2. The van der Waals surface area contributed by atoms with Crippen LogP contribution in [-0.4, -0.2) is 138 Å². The van der Waals surface area contributed by atoms with Crippen LogP contribution < -0.4 is 49.3 Å². The van der Waals surface area contributed by atoms with Gasteiger partial charge in [-0.25, -0.2) is 9.97 Å². The molecule has 0 radical (unpaired) electrons. The smallest absolute Gasteiger partial charge is 0.274 e. The number of nitrogens with two attached hydrogens (primary N) is 2. The Morgan fingerprint density at radius 1 is 0.746 bits per heavy atom. The predicted octanol–water partition coefficient (Wildman–Crippen LogP) is -0.492. The molecular formula is C44H60Cl2N10O7. The van der Waals surface area contributed by atoms with Crippen molar-refractivity contribution in [2.75, 3.05) is 90.1 Å². The summed E-state index contributed by atoms with van der Waals surface area (Å²) in [4.78, 5) is 73.2. The molecule has 1 atom stereocenters. The van der Waals surface area contributed by atoms with E-state index in [9.17, 15) is 24.0 Å². The topological polar surface area (TPSA) is 224 Å². The monoisotopic (exact) mass is 910 g/mol. The number of piperidine rings is 1. The number of amides is 5. The SMILES string of the molecule is Nc1nc(N)c(C(=O)N[C@H]2CCC[N+](CCCc3ccc(OCC(=O)NCCN4CCCC4=O)cc3)(CCCc3ccc(OCC(=O)NCCN4CCCC4=O)cc3)C2)nc1Cl.[Cl-]. The first-order valence-corrected chi connectivity index (χ1v) is 22.1. The number of benzene rings is 2. The summed E-state index contributed by atoms with van der Waals surface area (Å²) in [5.41, 5.74) is 14.0. The number of aromatic nitrogens is 2. The number of carbonyl (C=O) groups excluding carboxylic acids is 5.